The Labute approximate surface area is 114 Å². The van der Waals surface area contributed by atoms with Crippen molar-refractivity contribution in [2.24, 2.45) is 5.10 Å². The van der Waals surface area contributed by atoms with Gasteiger partial charge >= 0.3 is 0 Å². The van der Waals surface area contributed by atoms with Gasteiger partial charge in [-0.25, -0.2) is 5.43 Å². The lowest BCUT2D eigenvalue weighted by molar-refractivity contribution is -0.118. The summed E-state index contributed by atoms with van der Waals surface area (Å²) < 4.78 is 6.43. The molecule has 5 heteroatoms. The van der Waals surface area contributed by atoms with Gasteiger partial charge in [0.1, 0.15) is 12.4 Å². The van der Waals surface area contributed by atoms with Crippen molar-refractivity contribution >= 4 is 34.7 Å². The number of hydrazone groups is 1. The summed E-state index contributed by atoms with van der Waals surface area (Å²) in [6.07, 6.45) is 3.28. The van der Waals surface area contributed by atoms with Crippen LogP contribution in [-0.4, -0.2) is 18.7 Å². The van der Waals surface area contributed by atoms with Crippen LogP contribution in [0, 0.1) is 3.57 Å². The summed E-state index contributed by atoms with van der Waals surface area (Å²) in [5, 5.41) is 3.79. The minimum absolute atomic E-state index is 0.193. The molecule has 0 spiro atoms. The van der Waals surface area contributed by atoms with E-state index < -0.39 is 0 Å². The van der Waals surface area contributed by atoms with Gasteiger partial charge in [0.15, 0.2) is 0 Å². The van der Waals surface area contributed by atoms with E-state index in [4.69, 9.17) is 4.74 Å². The Kier molecular flexibility index (Phi) is 5.68. The second-order valence-electron chi connectivity index (χ2n) is 3.22. The fourth-order valence-electron chi connectivity index (χ4n) is 1.06. The Morgan fingerprint density at radius 1 is 1.65 bits per heavy atom. The quantitative estimate of drug-likeness (QED) is 0.386. The number of benzene rings is 1. The van der Waals surface area contributed by atoms with Crippen LogP contribution in [0.1, 0.15) is 12.5 Å². The van der Waals surface area contributed by atoms with E-state index in [1.165, 1.54) is 6.92 Å². The minimum atomic E-state index is -0.193. The predicted molar refractivity (Wildman–Crippen MR) is 76.3 cm³/mol. The molecule has 1 rings (SSSR count). The topological polar surface area (TPSA) is 50.7 Å². The molecule has 1 amide bonds. The first-order valence-corrected chi connectivity index (χ1v) is 6.04. The van der Waals surface area contributed by atoms with Crippen LogP contribution in [-0.2, 0) is 4.79 Å². The van der Waals surface area contributed by atoms with Crippen LogP contribution in [0.15, 0.2) is 36.0 Å². The molecule has 1 aromatic rings. The lowest BCUT2D eigenvalue weighted by Gasteiger charge is -2.06. The van der Waals surface area contributed by atoms with Gasteiger partial charge in [-0.3, -0.25) is 4.79 Å². The number of nitrogens with zero attached hydrogens (tertiary/aromatic N) is 1. The number of nitrogens with one attached hydrogen (secondary N) is 1. The van der Waals surface area contributed by atoms with Crippen LogP contribution in [0.5, 0.6) is 5.75 Å². The first kappa shape index (κ1) is 13.7. The summed E-state index contributed by atoms with van der Waals surface area (Å²) in [7, 11) is 0. The number of carbonyl (C=O) groups is 1. The molecular weight excluding hydrogens is 331 g/mol. The fraction of sp³-hybridized carbons (Fsp3) is 0.167. The molecule has 0 unspecified atom stereocenters. The van der Waals surface area contributed by atoms with Gasteiger partial charge in [0.05, 0.1) is 9.78 Å². The molecule has 90 valence electrons. The van der Waals surface area contributed by atoms with Crippen molar-refractivity contribution in [3.63, 3.8) is 0 Å². The first-order valence-electron chi connectivity index (χ1n) is 4.96. The lowest BCUT2D eigenvalue weighted by atomic mass is 10.2. The zero-order valence-corrected chi connectivity index (χ0v) is 11.6. The maximum Gasteiger partial charge on any atom is 0.236 e. The van der Waals surface area contributed by atoms with Gasteiger partial charge in [-0.2, -0.15) is 5.10 Å². The van der Waals surface area contributed by atoms with E-state index in [9.17, 15) is 4.79 Å². The van der Waals surface area contributed by atoms with E-state index in [0.717, 1.165) is 14.9 Å². The van der Waals surface area contributed by atoms with Crippen LogP contribution in [0.2, 0.25) is 0 Å². The number of ether oxygens (including phenoxy) is 1. The Morgan fingerprint density at radius 2 is 2.41 bits per heavy atom. The maximum atomic E-state index is 10.6. The van der Waals surface area contributed by atoms with Gasteiger partial charge in [0, 0.05) is 6.92 Å². The third-order valence-electron chi connectivity index (χ3n) is 1.75. The van der Waals surface area contributed by atoms with Gasteiger partial charge in [0.25, 0.3) is 0 Å². The molecule has 0 saturated heterocycles. The summed E-state index contributed by atoms with van der Waals surface area (Å²) >= 11 is 2.18. The standard InChI is InChI=1S/C12H13IN2O2/c1-3-6-17-12-5-4-10(7-11(12)13)8-14-15-9(2)16/h3-5,7-8H,1,6H2,2H3,(H,15,16)/b14-8-. The van der Waals surface area contributed by atoms with Gasteiger partial charge in [-0.15, -0.1) is 0 Å². The third kappa shape index (κ3) is 4.99. The molecule has 4 nitrogen and oxygen atoms in total. The third-order valence-corrected chi connectivity index (χ3v) is 2.59. The SMILES string of the molecule is C=CCOc1ccc(/C=N\NC(C)=O)cc1I. The molecule has 0 heterocycles. The van der Waals surface area contributed by atoms with Crippen molar-refractivity contribution in [2.75, 3.05) is 6.61 Å². The summed E-state index contributed by atoms with van der Waals surface area (Å²) in [5.74, 6) is 0.615. The second kappa shape index (κ2) is 7.05. The van der Waals surface area contributed by atoms with Crippen LogP contribution in [0.3, 0.4) is 0 Å². The molecule has 0 aliphatic carbocycles. The van der Waals surface area contributed by atoms with E-state index in [2.05, 4.69) is 39.7 Å². The van der Waals surface area contributed by atoms with Crippen molar-refractivity contribution in [1.82, 2.24) is 5.43 Å². The Hall–Kier alpha value is -1.37. The molecule has 0 aliphatic heterocycles. The van der Waals surface area contributed by atoms with Crippen LogP contribution in [0.25, 0.3) is 0 Å². The highest BCUT2D eigenvalue weighted by Crippen LogP contribution is 2.21. The minimum Gasteiger partial charge on any atom is -0.488 e. The highest BCUT2D eigenvalue weighted by molar-refractivity contribution is 14.1. The normalized spacial score (nSPS) is 10.2. The van der Waals surface area contributed by atoms with Crippen molar-refractivity contribution < 1.29 is 9.53 Å². The average molecular weight is 344 g/mol. The number of carbonyl (C=O) groups excluding carboxylic acids is 1. The van der Waals surface area contributed by atoms with Crippen LogP contribution < -0.4 is 10.2 Å². The van der Waals surface area contributed by atoms with Gasteiger partial charge in [-0.05, 0) is 46.4 Å². The Bertz CT molecular complexity index is 444. The summed E-state index contributed by atoms with van der Waals surface area (Å²) in [6.45, 7) is 5.48. The maximum absolute atomic E-state index is 10.6. The predicted octanol–water partition coefficient (Wildman–Crippen LogP) is 2.33. The smallest absolute Gasteiger partial charge is 0.236 e. The van der Waals surface area contributed by atoms with Crippen molar-refractivity contribution in [1.29, 1.82) is 0 Å². The molecule has 1 N–H and O–H groups in total. The molecule has 0 atom stereocenters. The molecule has 0 aliphatic rings. The molecule has 0 saturated carbocycles. The van der Waals surface area contributed by atoms with Gasteiger partial charge < -0.3 is 4.74 Å². The van der Waals surface area contributed by atoms with Crippen molar-refractivity contribution in [2.45, 2.75) is 6.92 Å². The Morgan fingerprint density at radius 3 is 3.00 bits per heavy atom. The van der Waals surface area contributed by atoms with Crippen LogP contribution >= 0.6 is 22.6 Å². The largest absolute Gasteiger partial charge is 0.488 e. The molecule has 17 heavy (non-hydrogen) atoms. The molecule has 0 fully saturated rings. The van der Waals surface area contributed by atoms with E-state index in [1.54, 1.807) is 12.3 Å². The summed E-state index contributed by atoms with van der Waals surface area (Å²) in [5.41, 5.74) is 3.24. The Balaban J connectivity index is 2.71. The van der Waals surface area contributed by atoms with Crippen molar-refractivity contribution in [3.8, 4) is 5.75 Å². The monoisotopic (exact) mass is 344 g/mol. The number of hydrogen-bond acceptors (Lipinski definition) is 3. The molecule has 0 bridgehead atoms. The molecule has 0 radical (unpaired) electrons. The number of halogens is 1. The second-order valence-corrected chi connectivity index (χ2v) is 4.38. The number of rotatable bonds is 5. The highest BCUT2D eigenvalue weighted by Gasteiger charge is 2.00. The molecule has 1 aromatic carbocycles. The molecular formula is C12H13IN2O2. The van der Waals surface area contributed by atoms with E-state index in [0.29, 0.717) is 6.61 Å². The highest BCUT2D eigenvalue weighted by atomic mass is 127. The van der Waals surface area contributed by atoms with Crippen LogP contribution in [0.4, 0.5) is 0 Å². The lowest BCUT2D eigenvalue weighted by Crippen LogP contribution is -2.12. The van der Waals surface area contributed by atoms with E-state index >= 15 is 0 Å². The number of hydrogen-bond donors (Lipinski definition) is 1. The van der Waals surface area contributed by atoms with E-state index in [-0.39, 0.29) is 5.91 Å². The summed E-state index contributed by atoms with van der Waals surface area (Å²) in [4.78, 5) is 10.6. The zero-order valence-electron chi connectivity index (χ0n) is 9.44. The fourth-order valence-corrected chi connectivity index (χ4v) is 1.76. The molecule has 0 aromatic heterocycles. The number of amides is 1. The van der Waals surface area contributed by atoms with Gasteiger partial charge in [0.2, 0.25) is 5.91 Å². The average Bonchev–Trinajstić information content (AvgIpc) is 2.27. The van der Waals surface area contributed by atoms with E-state index in [1.807, 2.05) is 18.2 Å². The first-order chi connectivity index (χ1) is 8.13. The van der Waals surface area contributed by atoms with Crippen molar-refractivity contribution in [3.05, 3.63) is 40.0 Å². The summed E-state index contributed by atoms with van der Waals surface area (Å²) in [6, 6.07) is 5.65. The zero-order chi connectivity index (χ0) is 12.7. The van der Waals surface area contributed by atoms with Gasteiger partial charge in [-0.1, -0.05) is 12.7 Å².